The van der Waals surface area contributed by atoms with E-state index < -0.39 is 0 Å². The molecule has 1 fully saturated rings. The molecule has 2 heterocycles. The number of para-hydroxylation sites is 1. The summed E-state index contributed by atoms with van der Waals surface area (Å²) in [5.74, 6) is 0.162. The molecule has 0 radical (unpaired) electrons. The summed E-state index contributed by atoms with van der Waals surface area (Å²) in [6.45, 7) is 0.0582. The first-order chi connectivity index (χ1) is 12.6. The monoisotopic (exact) mass is 367 g/mol. The van der Waals surface area contributed by atoms with Gasteiger partial charge in [-0.3, -0.25) is 14.6 Å². The molecule has 1 aromatic heterocycles. The van der Waals surface area contributed by atoms with Gasteiger partial charge in [-0.15, -0.1) is 0 Å². The van der Waals surface area contributed by atoms with Gasteiger partial charge in [0.15, 0.2) is 5.76 Å². The van der Waals surface area contributed by atoms with E-state index in [1.165, 1.54) is 9.80 Å². The van der Waals surface area contributed by atoms with Crippen LogP contribution < -0.4 is 4.90 Å². The molecule has 26 heavy (non-hydrogen) atoms. The summed E-state index contributed by atoms with van der Waals surface area (Å²) in [5, 5.41) is 4.64. The summed E-state index contributed by atoms with van der Waals surface area (Å²) in [6, 6.07) is 17.6. The van der Waals surface area contributed by atoms with E-state index >= 15 is 0 Å². The van der Waals surface area contributed by atoms with Gasteiger partial charge < -0.3 is 4.52 Å². The molecule has 0 spiro atoms. The Balaban J connectivity index is 1.52. The first kappa shape index (κ1) is 16.4. The topological polar surface area (TPSA) is 66.7 Å². The Morgan fingerprint density at radius 2 is 1.77 bits per heavy atom. The first-order valence-corrected chi connectivity index (χ1v) is 8.38. The Morgan fingerprint density at radius 1 is 1.04 bits per heavy atom. The number of aromatic nitrogens is 1. The van der Waals surface area contributed by atoms with E-state index in [0.717, 1.165) is 5.56 Å². The molecule has 6 nitrogen and oxygen atoms in total. The lowest BCUT2D eigenvalue weighted by atomic mass is 10.1. The molecule has 0 atom stereocenters. The highest BCUT2D eigenvalue weighted by Crippen LogP contribution is 2.25. The van der Waals surface area contributed by atoms with Gasteiger partial charge in [-0.2, -0.15) is 0 Å². The van der Waals surface area contributed by atoms with Gasteiger partial charge in [0.05, 0.1) is 6.54 Å². The van der Waals surface area contributed by atoms with Crippen LogP contribution >= 0.6 is 11.6 Å². The molecule has 1 aliphatic heterocycles. The Kier molecular flexibility index (Phi) is 4.18. The summed E-state index contributed by atoms with van der Waals surface area (Å²) in [7, 11) is 0. The van der Waals surface area contributed by atoms with Crippen LogP contribution in [-0.2, 0) is 11.3 Å². The number of urea groups is 1. The van der Waals surface area contributed by atoms with E-state index in [2.05, 4.69) is 5.16 Å². The fourth-order valence-electron chi connectivity index (χ4n) is 2.81. The first-order valence-electron chi connectivity index (χ1n) is 8.00. The normalized spacial score (nSPS) is 14.3. The molecule has 0 unspecified atom stereocenters. The van der Waals surface area contributed by atoms with Crippen LogP contribution in [0.1, 0.15) is 5.76 Å². The van der Waals surface area contributed by atoms with Gasteiger partial charge in [-0.1, -0.05) is 47.1 Å². The lowest BCUT2D eigenvalue weighted by Gasteiger charge is -2.15. The zero-order valence-corrected chi connectivity index (χ0v) is 14.4. The molecular weight excluding hydrogens is 354 g/mol. The van der Waals surface area contributed by atoms with Crippen LogP contribution in [0.4, 0.5) is 10.5 Å². The van der Waals surface area contributed by atoms with Gasteiger partial charge in [0.2, 0.25) is 0 Å². The zero-order chi connectivity index (χ0) is 18.1. The minimum absolute atomic E-state index is 0.0149. The van der Waals surface area contributed by atoms with Crippen molar-refractivity contribution < 1.29 is 14.1 Å². The van der Waals surface area contributed by atoms with Crippen molar-refractivity contribution in [2.24, 2.45) is 0 Å². The summed E-state index contributed by atoms with van der Waals surface area (Å²) in [4.78, 5) is 27.5. The lowest BCUT2D eigenvalue weighted by Crippen LogP contribution is -2.32. The zero-order valence-electron chi connectivity index (χ0n) is 13.6. The van der Waals surface area contributed by atoms with E-state index in [9.17, 15) is 9.59 Å². The number of nitrogens with zero attached hydrogens (tertiary/aromatic N) is 3. The van der Waals surface area contributed by atoms with Gasteiger partial charge in [0.25, 0.3) is 5.91 Å². The predicted octanol–water partition coefficient (Wildman–Crippen LogP) is 3.96. The van der Waals surface area contributed by atoms with Gasteiger partial charge >= 0.3 is 6.03 Å². The van der Waals surface area contributed by atoms with Gasteiger partial charge in [-0.05, 0) is 24.3 Å². The number of anilines is 1. The lowest BCUT2D eigenvalue weighted by molar-refractivity contribution is -0.125. The standard InChI is InChI=1S/C19H14ClN3O3/c20-14-8-6-13(7-9-14)17-10-16(26-21-17)11-23-18(24)12-22(19(23)25)15-4-2-1-3-5-15/h1-10H,11-12H2. The molecule has 3 aromatic rings. The third-order valence-corrected chi connectivity index (χ3v) is 4.39. The highest BCUT2D eigenvalue weighted by atomic mass is 35.5. The summed E-state index contributed by atoms with van der Waals surface area (Å²) in [6.07, 6.45) is 0. The van der Waals surface area contributed by atoms with Crippen LogP contribution in [0.5, 0.6) is 0 Å². The third-order valence-electron chi connectivity index (χ3n) is 4.14. The molecule has 7 heteroatoms. The molecule has 4 rings (SSSR count). The van der Waals surface area contributed by atoms with E-state index in [1.807, 2.05) is 30.3 Å². The predicted molar refractivity (Wildman–Crippen MR) is 96.7 cm³/mol. The van der Waals surface area contributed by atoms with Crippen molar-refractivity contribution in [1.29, 1.82) is 0 Å². The Morgan fingerprint density at radius 3 is 2.50 bits per heavy atom. The number of carbonyl (C=O) groups is 2. The Hall–Kier alpha value is -3.12. The maximum Gasteiger partial charge on any atom is 0.332 e. The van der Waals surface area contributed by atoms with Crippen molar-refractivity contribution in [3.8, 4) is 11.3 Å². The average molecular weight is 368 g/mol. The SMILES string of the molecule is O=C1CN(c2ccccc2)C(=O)N1Cc1cc(-c2ccc(Cl)cc2)no1. The van der Waals surface area contributed by atoms with Crippen molar-refractivity contribution in [2.45, 2.75) is 6.54 Å². The molecule has 0 N–H and O–H groups in total. The third kappa shape index (κ3) is 3.07. The Bertz CT molecular complexity index is 954. The van der Waals surface area contributed by atoms with Crippen LogP contribution in [0.3, 0.4) is 0 Å². The Labute approximate surface area is 154 Å². The molecule has 2 aromatic carbocycles. The van der Waals surface area contributed by atoms with Crippen LogP contribution in [0.25, 0.3) is 11.3 Å². The molecule has 0 saturated carbocycles. The number of amides is 3. The van der Waals surface area contributed by atoms with Gasteiger partial charge in [0, 0.05) is 22.3 Å². The molecule has 3 amide bonds. The second kappa shape index (κ2) is 6.65. The molecule has 0 aliphatic carbocycles. The number of hydrogen-bond donors (Lipinski definition) is 0. The van der Waals surface area contributed by atoms with E-state index in [0.29, 0.717) is 22.2 Å². The van der Waals surface area contributed by atoms with E-state index in [-0.39, 0.29) is 25.0 Å². The maximum absolute atomic E-state index is 12.6. The van der Waals surface area contributed by atoms with Crippen molar-refractivity contribution >= 4 is 29.2 Å². The van der Waals surface area contributed by atoms with E-state index in [4.69, 9.17) is 16.1 Å². The van der Waals surface area contributed by atoms with E-state index in [1.54, 1.807) is 30.3 Å². The minimum Gasteiger partial charge on any atom is -0.359 e. The number of benzene rings is 2. The van der Waals surface area contributed by atoms with Crippen LogP contribution in [0.15, 0.2) is 65.2 Å². The quantitative estimate of drug-likeness (QED) is 0.654. The number of rotatable bonds is 4. The van der Waals surface area contributed by atoms with Crippen LogP contribution in [-0.4, -0.2) is 28.5 Å². The number of carbonyl (C=O) groups excluding carboxylic acids is 2. The second-order valence-electron chi connectivity index (χ2n) is 5.87. The number of imide groups is 1. The molecular formula is C19H14ClN3O3. The highest BCUT2D eigenvalue weighted by molar-refractivity contribution is 6.30. The smallest absolute Gasteiger partial charge is 0.332 e. The van der Waals surface area contributed by atoms with Crippen molar-refractivity contribution in [3.05, 3.63) is 71.4 Å². The maximum atomic E-state index is 12.6. The fourth-order valence-corrected chi connectivity index (χ4v) is 2.93. The van der Waals surface area contributed by atoms with Crippen LogP contribution in [0.2, 0.25) is 5.02 Å². The largest absolute Gasteiger partial charge is 0.359 e. The summed E-state index contributed by atoms with van der Waals surface area (Å²) in [5.41, 5.74) is 2.15. The van der Waals surface area contributed by atoms with Gasteiger partial charge in [-0.25, -0.2) is 4.79 Å². The molecule has 130 valence electrons. The van der Waals surface area contributed by atoms with Gasteiger partial charge in [0.1, 0.15) is 12.2 Å². The summed E-state index contributed by atoms with van der Waals surface area (Å²) >= 11 is 5.88. The van der Waals surface area contributed by atoms with Crippen molar-refractivity contribution in [3.63, 3.8) is 0 Å². The number of halogens is 1. The highest BCUT2D eigenvalue weighted by Gasteiger charge is 2.37. The van der Waals surface area contributed by atoms with Crippen LogP contribution in [0, 0.1) is 0 Å². The molecule has 1 saturated heterocycles. The average Bonchev–Trinajstić information content (AvgIpc) is 3.23. The molecule has 0 bridgehead atoms. The molecule has 1 aliphatic rings. The minimum atomic E-state index is -0.370. The summed E-state index contributed by atoms with van der Waals surface area (Å²) < 4.78 is 5.30. The van der Waals surface area contributed by atoms with Crippen molar-refractivity contribution in [2.75, 3.05) is 11.4 Å². The number of hydrogen-bond acceptors (Lipinski definition) is 4. The second-order valence-corrected chi connectivity index (χ2v) is 6.31. The fraction of sp³-hybridized carbons (Fsp3) is 0.105. The van der Waals surface area contributed by atoms with Crippen molar-refractivity contribution in [1.82, 2.24) is 10.1 Å².